The summed E-state index contributed by atoms with van der Waals surface area (Å²) in [6.07, 6.45) is 1.99. The number of carbonyl (C=O) groups is 2. The number of anilines is 1. The summed E-state index contributed by atoms with van der Waals surface area (Å²) in [5, 5.41) is 24.0. The second-order valence-electron chi connectivity index (χ2n) is 9.38. The molecule has 0 aliphatic carbocycles. The molecule has 4 N–H and O–H groups in total. The van der Waals surface area contributed by atoms with E-state index in [-0.39, 0.29) is 23.8 Å². The number of rotatable bonds is 3. The zero-order chi connectivity index (χ0) is 26.0. The molecule has 0 fully saturated rings. The predicted molar refractivity (Wildman–Crippen MR) is 139 cm³/mol. The number of ether oxygens (including phenoxy) is 2. The Bertz CT molecular complexity index is 1750. The number of carbonyl (C=O) groups excluding carboxylic acids is 2. The highest BCUT2D eigenvalue weighted by Gasteiger charge is 2.53. The number of amides is 1. The van der Waals surface area contributed by atoms with Gasteiger partial charge in [-0.3, -0.25) is 4.79 Å². The van der Waals surface area contributed by atoms with Gasteiger partial charge in [-0.05, 0) is 48.0 Å². The maximum atomic E-state index is 13.3. The van der Waals surface area contributed by atoms with Crippen molar-refractivity contribution in [3.05, 3.63) is 113 Å². The molecule has 0 unspecified atom stereocenters. The van der Waals surface area contributed by atoms with Gasteiger partial charge in [0.25, 0.3) is 0 Å². The number of aromatic amines is 1. The molecule has 0 saturated heterocycles. The van der Waals surface area contributed by atoms with Crippen LogP contribution >= 0.6 is 0 Å². The molecule has 0 atom stereocenters. The van der Waals surface area contributed by atoms with Crippen molar-refractivity contribution >= 4 is 28.5 Å². The van der Waals surface area contributed by atoms with Crippen LogP contribution in [-0.2, 0) is 21.6 Å². The number of phenols is 2. The Morgan fingerprint density at radius 3 is 2.29 bits per heavy atom. The summed E-state index contributed by atoms with van der Waals surface area (Å²) in [6, 6.07) is 22.0. The fourth-order valence-electron chi connectivity index (χ4n) is 5.44. The van der Waals surface area contributed by atoms with Crippen LogP contribution in [0.3, 0.4) is 0 Å². The quantitative estimate of drug-likeness (QED) is 0.247. The van der Waals surface area contributed by atoms with Crippen molar-refractivity contribution in [3.8, 4) is 23.0 Å². The Hall–Kier alpha value is -5.24. The number of para-hydroxylation sites is 1. The number of aromatic hydroxyl groups is 2. The number of aromatic nitrogens is 1. The molecular formula is C30H20N2O6. The summed E-state index contributed by atoms with van der Waals surface area (Å²) in [4.78, 5) is 29.3. The van der Waals surface area contributed by atoms with E-state index in [2.05, 4.69) is 10.3 Å². The smallest absolute Gasteiger partial charge is 0.340 e. The summed E-state index contributed by atoms with van der Waals surface area (Å²) in [7, 11) is 0. The van der Waals surface area contributed by atoms with Crippen LogP contribution in [-0.4, -0.2) is 27.1 Å². The maximum Gasteiger partial charge on any atom is 0.340 e. The molecule has 0 bridgehead atoms. The van der Waals surface area contributed by atoms with Gasteiger partial charge < -0.3 is 30.0 Å². The van der Waals surface area contributed by atoms with Crippen LogP contribution in [0.25, 0.3) is 10.9 Å². The highest BCUT2D eigenvalue weighted by Crippen LogP contribution is 2.57. The Balaban J connectivity index is 1.27. The van der Waals surface area contributed by atoms with Gasteiger partial charge in [-0.1, -0.05) is 24.3 Å². The first-order valence-corrected chi connectivity index (χ1v) is 12.0. The van der Waals surface area contributed by atoms with Crippen LogP contribution in [0, 0.1) is 0 Å². The van der Waals surface area contributed by atoms with Crippen LogP contribution in [0.4, 0.5) is 5.69 Å². The van der Waals surface area contributed by atoms with E-state index in [9.17, 15) is 19.8 Å². The second-order valence-corrected chi connectivity index (χ2v) is 9.38. The van der Waals surface area contributed by atoms with Gasteiger partial charge in [0.15, 0.2) is 5.60 Å². The first kappa shape index (κ1) is 22.0. The number of H-pyrrole nitrogens is 1. The fraction of sp³-hybridized carbons (Fsp3) is 0.0667. The summed E-state index contributed by atoms with van der Waals surface area (Å²) in [5.74, 6) is -0.198. The van der Waals surface area contributed by atoms with Gasteiger partial charge in [0.2, 0.25) is 5.91 Å². The second kappa shape index (κ2) is 7.88. The minimum atomic E-state index is -1.34. The third kappa shape index (κ3) is 3.17. The van der Waals surface area contributed by atoms with Gasteiger partial charge in [0, 0.05) is 51.6 Å². The number of fused-ring (bicyclic) bond motifs is 7. The molecule has 186 valence electrons. The molecular weight excluding hydrogens is 484 g/mol. The van der Waals surface area contributed by atoms with Crippen molar-refractivity contribution in [1.29, 1.82) is 0 Å². The lowest BCUT2D eigenvalue weighted by Gasteiger charge is -2.36. The van der Waals surface area contributed by atoms with Crippen molar-refractivity contribution in [2.45, 2.75) is 12.0 Å². The van der Waals surface area contributed by atoms with Gasteiger partial charge in [-0.15, -0.1) is 0 Å². The summed E-state index contributed by atoms with van der Waals surface area (Å²) in [6.45, 7) is 0. The van der Waals surface area contributed by atoms with Crippen LogP contribution in [0.1, 0.15) is 32.6 Å². The number of nitrogens with one attached hydrogen (secondary N) is 2. The molecule has 2 aliphatic rings. The van der Waals surface area contributed by atoms with Crippen LogP contribution < -0.4 is 10.1 Å². The van der Waals surface area contributed by atoms with E-state index in [4.69, 9.17) is 9.47 Å². The van der Waals surface area contributed by atoms with Crippen LogP contribution in [0.5, 0.6) is 23.0 Å². The van der Waals surface area contributed by atoms with E-state index in [1.165, 1.54) is 24.3 Å². The van der Waals surface area contributed by atoms with E-state index in [0.717, 1.165) is 16.5 Å². The average molecular weight is 504 g/mol. The summed E-state index contributed by atoms with van der Waals surface area (Å²) < 4.78 is 12.0. The van der Waals surface area contributed by atoms with Crippen molar-refractivity contribution in [3.63, 3.8) is 0 Å². The lowest BCUT2D eigenvalue weighted by atomic mass is 9.77. The summed E-state index contributed by atoms with van der Waals surface area (Å²) in [5.41, 5.74) is 2.90. The molecule has 7 rings (SSSR count). The summed E-state index contributed by atoms with van der Waals surface area (Å²) >= 11 is 0. The van der Waals surface area contributed by atoms with E-state index < -0.39 is 11.6 Å². The van der Waals surface area contributed by atoms with E-state index in [1.807, 2.05) is 30.5 Å². The number of hydrogen-bond acceptors (Lipinski definition) is 6. The molecule has 1 spiro atoms. The minimum Gasteiger partial charge on any atom is -0.508 e. The molecule has 2 aliphatic heterocycles. The molecule has 4 aromatic carbocycles. The SMILES string of the molecule is O=C(Cc1c[nH]c2ccccc12)Nc1ccc2c(c1)C(=O)OC21c2ccc(O)cc2Oc2cc(O)ccc21. The Morgan fingerprint density at radius 2 is 1.55 bits per heavy atom. The normalized spacial score (nSPS) is 14.4. The van der Waals surface area contributed by atoms with Crippen molar-refractivity contribution < 1.29 is 29.3 Å². The predicted octanol–water partition coefficient (Wildman–Crippen LogP) is 5.33. The lowest BCUT2D eigenvalue weighted by Crippen LogP contribution is -2.32. The van der Waals surface area contributed by atoms with E-state index in [1.54, 1.807) is 30.3 Å². The van der Waals surface area contributed by atoms with Gasteiger partial charge in [-0.25, -0.2) is 4.79 Å². The van der Waals surface area contributed by atoms with Crippen LogP contribution in [0.2, 0.25) is 0 Å². The Labute approximate surface area is 216 Å². The highest BCUT2D eigenvalue weighted by atomic mass is 16.6. The molecule has 1 amide bonds. The molecule has 0 radical (unpaired) electrons. The third-order valence-corrected chi connectivity index (χ3v) is 7.08. The minimum absolute atomic E-state index is 0.0136. The molecule has 8 heteroatoms. The Kier molecular flexibility index (Phi) is 4.56. The topological polar surface area (TPSA) is 121 Å². The van der Waals surface area contributed by atoms with Gasteiger partial charge in [0.1, 0.15) is 23.0 Å². The van der Waals surface area contributed by atoms with Gasteiger partial charge in [0.05, 0.1) is 12.0 Å². The zero-order valence-corrected chi connectivity index (χ0v) is 19.8. The monoisotopic (exact) mass is 504 g/mol. The first-order valence-electron chi connectivity index (χ1n) is 12.0. The Morgan fingerprint density at radius 1 is 0.868 bits per heavy atom. The van der Waals surface area contributed by atoms with Crippen molar-refractivity contribution in [2.24, 2.45) is 0 Å². The van der Waals surface area contributed by atoms with Crippen molar-refractivity contribution in [1.82, 2.24) is 4.98 Å². The largest absolute Gasteiger partial charge is 0.508 e. The standard InChI is InChI=1S/C30H20N2O6/c33-18-6-9-23-26(13-18)37-27-14-19(34)7-10-24(27)30(23)22-8-5-17(12-21(22)29(36)38-30)32-28(35)11-16-15-31-25-4-2-1-3-20(16)25/h1-10,12-15,31,33-34H,11H2,(H,32,35). The number of benzene rings is 4. The van der Waals surface area contributed by atoms with E-state index >= 15 is 0 Å². The van der Waals surface area contributed by atoms with Gasteiger partial charge in [-0.2, -0.15) is 0 Å². The molecule has 1 aromatic heterocycles. The number of esters is 1. The molecule has 3 heterocycles. The van der Waals surface area contributed by atoms with Crippen LogP contribution in [0.15, 0.2) is 85.1 Å². The molecule has 38 heavy (non-hydrogen) atoms. The fourth-order valence-corrected chi connectivity index (χ4v) is 5.44. The third-order valence-electron chi connectivity index (χ3n) is 7.08. The molecule has 0 saturated carbocycles. The average Bonchev–Trinajstić information content (AvgIpc) is 3.42. The highest BCUT2D eigenvalue weighted by molar-refractivity contribution is 6.00. The number of hydrogen-bond donors (Lipinski definition) is 4. The maximum absolute atomic E-state index is 13.3. The molecule has 8 nitrogen and oxygen atoms in total. The van der Waals surface area contributed by atoms with E-state index in [0.29, 0.717) is 39.4 Å². The first-order chi connectivity index (χ1) is 18.4. The van der Waals surface area contributed by atoms with Gasteiger partial charge >= 0.3 is 5.97 Å². The lowest BCUT2D eigenvalue weighted by molar-refractivity contribution is -0.115. The molecule has 5 aromatic rings. The number of phenolic OH excluding ortho intramolecular Hbond substituents is 2. The van der Waals surface area contributed by atoms with Crippen molar-refractivity contribution in [2.75, 3.05) is 5.32 Å². The zero-order valence-electron chi connectivity index (χ0n) is 19.8.